The van der Waals surface area contributed by atoms with E-state index in [9.17, 15) is 18.7 Å². The maximum absolute atomic E-state index is 14.2. The van der Waals surface area contributed by atoms with Gasteiger partial charge in [-0.05, 0) is 43.2 Å². The molecule has 2 heterocycles. The van der Waals surface area contributed by atoms with Crippen molar-refractivity contribution >= 4 is 17.5 Å². The molecule has 3 aromatic rings. The number of H-pyrrole nitrogens is 1. The summed E-state index contributed by atoms with van der Waals surface area (Å²) in [5, 5.41) is 12.5. The Morgan fingerprint density at radius 1 is 1.29 bits per heavy atom. The predicted octanol–water partition coefficient (Wildman–Crippen LogP) is 4.09. The van der Waals surface area contributed by atoms with Crippen LogP contribution in [-0.4, -0.2) is 27.6 Å². The summed E-state index contributed by atoms with van der Waals surface area (Å²) in [6, 6.07) is 6.17. The molecule has 0 saturated heterocycles. The molecule has 0 bridgehead atoms. The first-order chi connectivity index (χ1) is 13.3. The first kappa shape index (κ1) is 20.0. The van der Waals surface area contributed by atoms with Gasteiger partial charge in [0.2, 0.25) is 0 Å². The van der Waals surface area contributed by atoms with Crippen LogP contribution in [0.25, 0.3) is 11.1 Å². The minimum Gasteiger partial charge on any atom is -0.394 e. The lowest BCUT2D eigenvalue weighted by molar-refractivity contribution is 0.0911. The first-order valence-electron chi connectivity index (χ1n) is 8.49. The number of hydrogen-bond acceptors (Lipinski definition) is 3. The fourth-order valence-corrected chi connectivity index (χ4v) is 3.30. The van der Waals surface area contributed by atoms with Crippen LogP contribution in [0, 0.1) is 25.5 Å². The van der Waals surface area contributed by atoms with Gasteiger partial charge in [0.1, 0.15) is 22.5 Å². The third-order valence-corrected chi connectivity index (χ3v) is 4.72. The smallest absolute Gasteiger partial charge is 0.268 e. The zero-order valence-corrected chi connectivity index (χ0v) is 15.9. The van der Waals surface area contributed by atoms with Gasteiger partial charge in [0.05, 0.1) is 18.8 Å². The summed E-state index contributed by atoms with van der Waals surface area (Å²) in [7, 11) is 0. The number of carbonyl (C=O) groups is 1. The van der Waals surface area contributed by atoms with Crippen LogP contribution in [0.4, 0.5) is 8.78 Å². The Labute approximate surface area is 165 Å². The van der Waals surface area contributed by atoms with Crippen molar-refractivity contribution in [3.8, 4) is 11.1 Å². The van der Waals surface area contributed by atoms with Gasteiger partial charge in [-0.25, -0.2) is 13.8 Å². The highest BCUT2D eigenvalue weighted by molar-refractivity contribution is 6.29. The number of nitrogens with zero attached hydrogens (tertiary/aromatic N) is 1. The van der Waals surface area contributed by atoms with E-state index in [1.807, 2.05) is 0 Å². The number of aromatic nitrogens is 2. The first-order valence-corrected chi connectivity index (χ1v) is 8.87. The van der Waals surface area contributed by atoms with Gasteiger partial charge in [0.25, 0.3) is 5.91 Å². The molecule has 0 aliphatic carbocycles. The van der Waals surface area contributed by atoms with Crippen LogP contribution in [0.5, 0.6) is 0 Å². The van der Waals surface area contributed by atoms with E-state index in [4.69, 9.17) is 11.6 Å². The van der Waals surface area contributed by atoms with Crippen LogP contribution in [0.3, 0.4) is 0 Å². The van der Waals surface area contributed by atoms with E-state index >= 15 is 0 Å². The minimum atomic E-state index is -0.716. The van der Waals surface area contributed by atoms with Crippen molar-refractivity contribution in [2.24, 2.45) is 0 Å². The van der Waals surface area contributed by atoms with E-state index in [1.165, 1.54) is 30.3 Å². The van der Waals surface area contributed by atoms with Gasteiger partial charge < -0.3 is 15.4 Å². The number of nitrogens with one attached hydrogen (secondary N) is 2. The minimum absolute atomic E-state index is 0.138. The SMILES string of the molecule is Cc1[nH]c(C(=O)NC(CO)c2ccc(F)cc2)c(C)c1-c1cc(Cl)ncc1F. The molecule has 28 heavy (non-hydrogen) atoms. The topological polar surface area (TPSA) is 78.0 Å². The number of halogens is 3. The van der Waals surface area contributed by atoms with E-state index in [1.54, 1.807) is 13.8 Å². The maximum Gasteiger partial charge on any atom is 0.268 e. The molecule has 0 radical (unpaired) electrons. The van der Waals surface area contributed by atoms with E-state index in [2.05, 4.69) is 15.3 Å². The average molecular weight is 406 g/mol. The lowest BCUT2D eigenvalue weighted by Gasteiger charge is -2.16. The number of aliphatic hydroxyl groups excluding tert-OH is 1. The standard InChI is InChI=1S/C20H18ClF2N3O2/c1-10-18(14-7-17(21)24-8-15(14)23)11(2)25-19(10)20(28)26-16(9-27)12-3-5-13(22)6-4-12/h3-8,16,25,27H,9H2,1-2H3,(H,26,28). The second kappa shape index (κ2) is 8.08. The van der Waals surface area contributed by atoms with Crippen LogP contribution in [0.1, 0.15) is 33.4 Å². The quantitative estimate of drug-likeness (QED) is 0.559. The lowest BCUT2D eigenvalue weighted by Crippen LogP contribution is -2.31. The number of hydrogen-bond donors (Lipinski definition) is 3. The van der Waals surface area contributed by atoms with Crippen molar-refractivity contribution in [2.75, 3.05) is 6.61 Å². The summed E-state index contributed by atoms with van der Waals surface area (Å²) in [5.41, 5.74) is 2.68. The zero-order valence-electron chi connectivity index (χ0n) is 15.2. The number of pyridine rings is 1. The van der Waals surface area contributed by atoms with Gasteiger partial charge in [-0.1, -0.05) is 23.7 Å². The van der Waals surface area contributed by atoms with Gasteiger partial charge in [-0.2, -0.15) is 0 Å². The predicted molar refractivity (Wildman–Crippen MR) is 102 cm³/mol. The van der Waals surface area contributed by atoms with Crippen LogP contribution < -0.4 is 5.32 Å². The lowest BCUT2D eigenvalue weighted by atomic mass is 10.0. The molecule has 3 rings (SSSR count). The summed E-state index contributed by atoms with van der Waals surface area (Å²) < 4.78 is 27.3. The monoisotopic (exact) mass is 405 g/mol. The second-order valence-electron chi connectivity index (χ2n) is 6.37. The Bertz CT molecular complexity index is 1020. The molecule has 5 nitrogen and oxygen atoms in total. The van der Waals surface area contributed by atoms with Crippen molar-refractivity contribution in [2.45, 2.75) is 19.9 Å². The van der Waals surface area contributed by atoms with Gasteiger partial charge in [0, 0.05) is 16.8 Å². The molecule has 1 aromatic carbocycles. The van der Waals surface area contributed by atoms with Crippen molar-refractivity contribution in [3.63, 3.8) is 0 Å². The number of rotatable bonds is 5. The molecule has 3 N–H and O–H groups in total. The Morgan fingerprint density at radius 2 is 1.96 bits per heavy atom. The summed E-state index contributed by atoms with van der Waals surface area (Å²) in [4.78, 5) is 19.4. The average Bonchev–Trinajstić information content (AvgIpc) is 2.97. The van der Waals surface area contributed by atoms with Gasteiger partial charge in [0.15, 0.2) is 0 Å². The molecule has 146 valence electrons. The number of carbonyl (C=O) groups excluding carboxylic acids is 1. The molecule has 0 fully saturated rings. The van der Waals surface area contributed by atoms with E-state index < -0.39 is 23.6 Å². The van der Waals surface area contributed by atoms with Gasteiger partial charge in [-0.3, -0.25) is 4.79 Å². The number of aryl methyl sites for hydroxylation is 1. The second-order valence-corrected chi connectivity index (χ2v) is 6.76. The molecule has 0 aliphatic heterocycles. The molecule has 8 heteroatoms. The molecule has 1 amide bonds. The Kier molecular flexibility index (Phi) is 5.76. The summed E-state index contributed by atoms with van der Waals surface area (Å²) >= 11 is 5.89. The van der Waals surface area contributed by atoms with Crippen LogP contribution >= 0.6 is 11.6 Å². The van der Waals surface area contributed by atoms with Crippen LogP contribution in [-0.2, 0) is 0 Å². The van der Waals surface area contributed by atoms with E-state index in [-0.39, 0.29) is 23.0 Å². The van der Waals surface area contributed by atoms with Crippen LogP contribution in [0.2, 0.25) is 5.15 Å². The molecular weight excluding hydrogens is 388 g/mol. The van der Waals surface area contributed by atoms with Crippen molar-refractivity contribution < 1.29 is 18.7 Å². The Hall–Kier alpha value is -2.77. The summed E-state index contributed by atoms with van der Waals surface area (Å²) in [5.74, 6) is -1.44. The number of aliphatic hydroxyl groups is 1. The fourth-order valence-electron chi connectivity index (χ4n) is 3.15. The molecule has 0 spiro atoms. The maximum atomic E-state index is 14.2. The fraction of sp³-hybridized carbons (Fsp3) is 0.200. The Balaban J connectivity index is 1.92. The third kappa shape index (κ3) is 3.90. The normalized spacial score (nSPS) is 12.1. The summed E-state index contributed by atoms with van der Waals surface area (Å²) in [6.45, 7) is 3.04. The molecule has 1 atom stereocenters. The number of aromatic amines is 1. The Morgan fingerprint density at radius 3 is 2.61 bits per heavy atom. The molecular formula is C20H18ClF2N3O2. The highest BCUT2D eigenvalue weighted by Crippen LogP contribution is 2.32. The van der Waals surface area contributed by atoms with Crippen molar-refractivity contribution in [1.29, 1.82) is 0 Å². The number of benzene rings is 1. The van der Waals surface area contributed by atoms with E-state index in [0.717, 1.165) is 6.20 Å². The van der Waals surface area contributed by atoms with Gasteiger partial charge in [-0.15, -0.1) is 0 Å². The third-order valence-electron chi connectivity index (χ3n) is 4.52. The largest absolute Gasteiger partial charge is 0.394 e. The molecule has 2 aromatic heterocycles. The number of amides is 1. The van der Waals surface area contributed by atoms with Gasteiger partial charge >= 0.3 is 0 Å². The molecule has 1 unspecified atom stereocenters. The highest BCUT2D eigenvalue weighted by atomic mass is 35.5. The zero-order chi connectivity index (χ0) is 20.4. The molecule has 0 saturated carbocycles. The van der Waals surface area contributed by atoms with Crippen LogP contribution in [0.15, 0.2) is 36.5 Å². The molecule has 0 aliphatic rings. The highest BCUT2D eigenvalue weighted by Gasteiger charge is 2.23. The van der Waals surface area contributed by atoms with E-state index in [0.29, 0.717) is 22.4 Å². The van der Waals surface area contributed by atoms with Crippen molar-refractivity contribution in [3.05, 3.63) is 75.8 Å². The van der Waals surface area contributed by atoms with Crippen molar-refractivity contribution in [1.82, 2.24) is 15.3 Å². The summed E-state index contributed by atoms with van der Waals surface area (Å²) in [6.07, 6.45) is 1.03.